The summed E-state index contributed by atoms with van der Waals surface area (Å²) in [6, 6.07) is 6.91. The van der Waals surface area contributed by atoms with Gasteiger partial charge < -0.3 is 25.9 Å². The Morgan fingerprint density at radius 1 is 1.28 bits per heavy atom. The number of halogens is 2. The monoisotopic (exact) mass is 547 g/mol. The van der Waals surface area contributed by atoms with Crippen LogP contribution >= 0.6 is 0 Å². The van der Waals surface area contributed by atoms with Gasteiger partial charge in [0.05, 0.1) is 24.5 Å². The number of hydrazine groups is 1. The number of carbonyl (C=O) groups excluding carboxylic acids is 2. The van der Waals surface area contributed by atoms with E-state index in [9.17, 15) is 23.2 Å². The predicted octanol–water partition coefficient (Wildman–Crippen LogP) is 2.95. The minimum absolute atomic E-state index is 0.00756. The maximum absolute atomic E-state index is 14.4. The van der Waals surface area contributed by atoms with Crippen molar-refractivity contribution < 1.29 is 18.4 Å². The fraction of sp³-hybridized carbons (Fsp3) is 0.481. The van der Waals surface area contributed by atoms with Gasteiger partial charge in [0.15, 0.2) is 0 Å². The van der Waals surface area contributed by atoms with Gasteiger partial charge >= 0.3 is 0 Å². The number of aryl methyl sites for hydroxylation is 1. The van der Waals surface area contributed by atoms with E-state index in [-0.39, 0.29) is 31.1 Å². The minimum Gasteiger partial charge on any atom is -0.401 e. The SMILES string of the molecule is C/C(N)=C/N(N)CC(F)CCn1ccc(NC(=O)CC2CCCCC2)c(F)c1=O.O=CNCc1ccccn1. The molecule has 2 heterocycles. The summed E-state index contributed by atoms with van der Waals surface area (Å²) in [5.74, 6) is 4.58. The summed E-state index contributed by atoms with van der Waals surface area (Å²) >= 11 is 0. The molecule has 3 rings (SSSR count). The van der Waals surface area contributed by atoms with Crippen LogP contribution in [0.25, 0.3) is 0 Å². The Balaban J connectivity index is 0.000000446. The van der Waals surface area contributed by atoms with Crippen LogP contribution in [0.15, 0.2) is 53.4 Å². The first kappa shape index (κ1) is 31.4. The van der Waals surface area contributed by atoms with Crippen LogP contribution < -0.4 is 27.8 Å². The maximum atomic E-state index is 14.4. The molecule has 0 aliphatic heterocycles. The third-order valence-corrected chi connectivity index (χ3v) is 6.13. The van der Waals surface area contributed by atoms with Gasteiger partial charge in [-0.2, -0.15) is 4.39 Å². The average molecular weight is 548 g/mol. The summed E-state index contributed by atoms with van der Waals surface area (Å²) in [5, 5.41) is 6.15. The summed E-state index contributed by atoms with van der Waals surface area (Å²) in [5.41, 5.74) is 5.75. The molecule has 6 N–H and O–H groups in total. The predicted molar refractivity (Wildman–Crippen MR) is 146 cm³/mol. The number of aromatic nitrogens is 2. The van der Waals surface area contributed by atoms with Crippen LogP contribution in [0.3, 0.4) is 0 Å². The molecule has 1 fully saturated rings. The highest BCUT2D eigenvalue weighted by Gasteiger charge is 2.19. The Bertz CT molecular complexity index is 1120. The summed E-state index contributed by atoms with van der Waals surface area (Å²) in [7, 11) is 0. The Morgan fingerprint density at radius 3 is 2.67 bits per heavy atom. The van der Waals surface area contributed by atoms with Crippen LogP contribution in [-0.4, -0.2) is 39.6 Å². The molecule has 2 aromatic heterocycles. The number of allylic oxidation sites excluding steroid dienone is 1. The molecule has 1 unspecified atom stereocenters. The fourth-order valence-electron chi connectivity index (χ4n) is 4.24. The molecule has 2 aromatic rings. The van der Waals surface area contributed by atoms with E-state index < -0.39 is 17.5 Å². The molecule has 0 spiro atoms. The number of carbonyl (C=O) groups is 2. The molecule has 2 amide bonds. The number of pyridine rings is 2. The largest absolute Gasteiger partial charge is 0.401 e. The number of rotatable bonds is 12. The van der Waals surface area contributed by atoms with Gasteiger partial charge in [-0.05, 0) is 50.3 Å². The van der Waals surface area contributed by atoms with Gasteiger partial charge in [-0.3, -0.25) is 19.4 Å². The molecule has 39 heavy (non-hydrogen) atoms. The first-order valence-corrected chi connectivity index (χ1v) is 13.0. The van der Waals surface area contributed by atoms with Gasteiger partial charge in [0.25, 0.3) is 5.56 Å². The first-order valence-electron chi connectivity index (χ1n) is 13.0. The zero-order valence-electron chi connectivity index (χ0n) is 22.3. The summed E-state index contributed by atoms with van der Waals surface area (Å²) in [4.78, 5) is 38.2. The van der Waals surface area contributed by atoms with Crippen molar-refractivity contribution in [1.29, 1.82) is 0 Å². The number of nitrogens with zero attached hydrogens (tertiary/aromatic N) is 3. The molecule has 1 aliphatic rings. The highest BCUT2D eigenvalue weighted by Crippen LogP contribution is 2.26. The summed E-state index contributed by atoms with van der Waals surface area (Å²) in [6.07, 6.45) is 9.54. The number of hydrogen-bond donors (Lipinski definition) is 4. The van der Waals surface area contributed by atoms with Crippen LogP contribution in [0.4, 0.5) is 14.5 Å². The molecule has 1 atom stereocenters. The minimum atomic E-state index is -1.32. The van der Waals surface area contributed by atoms with Crippen molar-refractivity contribution in [3.63, 3.8) is 0 Å². The van der Waals surface area contributed by atoms with E-state index in [0.717, 1.165) is 41.0 Å². The Morgan fingerprint density at radius 2 is 2.03 bits per heavy atom. The second kappa shape index (κ2) is 16.9. The van der Waals surface area contributed by atoms with E-state index in [1.807, 2.05) is 18.2 Å². The van der Waals surface area contributed by atoms with E-state index in [0.29, 0.717) is 31.0 Å². The Kier molecular flexibility index (Phi) is 13.6. The lowest BCUT2D eigenvalue weighted by molar-refractivity contribution is -0.117. The zero-order chi connectivity index (χ0) is 28.6. The lowest BCUT2D eigenvalue weighted by Crippen LogP contribution is -2.34. The van der Waals surface area contributed by atoms with Crippen LogP contribution in [0.1, 0.15) is 57.6 Å². The third-order valence-electron chi connectivity index (χ3n) is 6.13. The topological polar surface area (TPSA) is 148 Å². The van der Waals surface area contributed by atoms with Crippen LogP contribution in [0, 0.1) is 11.7 Å². The summed E-state index contributed by atoms with van der Waals surface area (Å²) < 4.78 is 29.5. The number of hydrogen-bond acceptors (Lipinski definition) is 7. The van der Waals surface area contributed by atoms with Crippen molar-refractivity contribution in [2.24, 2.45) is 17.5 Å². The van der Waals surface area contributed by atoms with Gasteiger partial charge in [0.2, 0.25) is 18.1 Å². The van der Waals surface area contributed by atoms with Crippen molar-refractivity contribution in [3.05, 3.63) is 70.4 Å². The van der Waals surface area contributed by atoms with Crippen molar-refractivity contribution in [2.45, 2.75) is 71.1 Å². The van der Waals surface area contributed by atoms with Gasteiger partial charge in [-0.1, -0.05) is 25.3 Å². The van der Waals surface area contributed by atoms with E-state index in [1.54, 1.807) is 13.1 Å². The number of anilines is 1. The molecule has 0 bridgehead atoms. The number of amides is 2. The Hall–Kier alpha value is -3.80. The maximum Gasteiger partial charge on any atom is 0.288 e. The van der Waals surface area contributed by atoms with E-state index in [2.05, 4.69) is 15.6 Å². The fourth-order valence-corrected chi connectivity index (χ4v) is 4.24. The molecule has 0 aromatic carbocycles. The second-order valence-electron chi connectivity index (χ2n) is 9.57. The molecule has 12 heteroatoms. The van der Waals surface area contributed by atoms with E-state index in [4.69, 9.17) is 11.6 Å². The standard InChI is InChI=1S/C20H31F2N5O2.C7H8N2O/c1-14(23)12-27(24)13-16(21)7-9-26-10-8-17(19(22)20(26)29)25-18(28)11-15-5-3-2-4-6-15;10-6-8-5-7-3-1-2-4-9-7/h8,10,12,15-16H,2-7,9,11,13,23-24H2,1H3,(H,25,28);1-4,6H,5H2,(H,8,10)/b14-12-;. The molecule has 0 saturated heterocycles. The Labute approximate surface area is 227 Å². The highest BCUT2D eigenvalue weighted by atomic mass is 19.1. The van der Waals surface area contributed by atoms with Crippen LogP contribution in [0.5, 0.6) is 0 Å². The van der Waals surface area contributed by atoms with E-state index >= 15 is 0 Å². The van der Waals surface area contributed by atoms with Crippen LogP contribution in [0.2, 0.25) is 0 Å². The number of nitrogens with two attached hydrogens (primary N) is 2. The normalized spacial score (nSPS) is 14.5. The molecule has 10 nitrogen and oxygen atoms in total. The molecule has 1 aliphatic carbocycles. The molecule has 1 saturated carbocycles. The lowest BCUT2D eigenvalue weighted by Gasteiger charge is -2.21. The third kappa shape index (κ3) is 12.1. The van der Waals surface area contributed by atoms with Crippen molar-refractivity contribution in [1.82, 2.24) is 19.9 Å². The number of nitrogens with one attached hydrogen (secondary N) is 2. The lowest BCUT2D eigenvalue weighted by atomic mass is 9.87. The second-order valence-corrected chi connectivity index (χ2v) is 9.57. The average Bonchev–Trinajstić information content (AvgIpc) is 2.90. The number of alkyl halides is 1. The van der Waals surface area contributed by atoms with Crippen molar-refractivity contribution >= 4 is 18.0 Å². The molecular formula is C27H39F2N7O3. The summed E-state index contributed by atoms with van der Waals surface area (Å²) in [6.45, 7) is 2.03. The van der Waals surface area contributed by atoms with Gasteiger partial charge in [0.1, 0.15) is 6.17 Å². The quantitative estimate of drug-likeness (QED) is 0.181. The first-order chi connectivity index (χ1) is 18.7. The van der Waals surface area contributed by atoms with Crippen LogP contribution in [-0.2, 0) is 22.7 Å². The van der Waals surface area contributed by atoms with Gasteiger partial charge in [0, 0.05) is 37.3 Å². The highest BCUT2D eigenvalue weighted by molar-refractivity contribution is 5.90. The van der Waals surface area contributed by atoms with Crippen molar-refractivity contribution in [2.75, 3.05) is 11.9 Å². The van der Waals surface area contributed by atoms with Gasteiger partial charge in [-0.15, -0.1) is 0 Å². The smallest absolute Gasteiger partial charge is 0.288 e. The zero-order valence-corrected chi connectivity index (χ0v) is 22.3. The van der Waals surface area contributed by atoms with Crippen molar-refractivity contribution in [3.8, 4) is 0 Å². The molecule has 0 radical (unpaired) electrons. The van der Waals surface area contributed by atoms with Gasteiger partial charge in [-0.25, -0.2) is 10.2 Å². The van der Waals surface area contributed by atoms with E-state index in [1.165, 1.54) is 24.9 Å². The molecule has 214 valence electrons. The molecular weight excluding hydrogens is 508 g/mol.